The van der Waals surface area contributed by atoms with Gasteiger partial charge in [0.05, 0.1) is 10.8 Å². The van der Waals surface area contributed by atoms with Crippen molar-refractivity contribution in [3.05, 3.63) is 56.4 Å². The molecule has 0 N–H and O–H groups in total. The molecule has 1 aromatic heterocycles. The van der Waals surface area contributed by atoms with Crippen molar-refractivity contribution in [3.63, 3.8) is 0 Å². The first kappa shape index (κ1) is 18.1. The molecule has 0 unspecified atom stereocenters. The fraction of sp³-hybridized carbons (Fsp3) is 0.333. The molecule has 2 aromatic rings. The molecule has 25 heavy (non-hydrogen) atoms. The first-order valence-electron chi connectivity index (χ1n) is 7.98. The monoisotopic (exact) mass is 425 g/mol. The summed E-state index contributed by atoms with van der Waals surface area (Å²) in [7, 11) is 0. The zero-order valence-corrected chi connectivity index (χ0v) is 15.8. The van der Waals surface area contributed by atoms with Crippen LogP contribution in [0.15, 0.2) is 40.2 Å². The molecular weight excluding hydrogens is 409 g/mol. The largest absolute Gasteiger partial charge is 0.460 e. The summed E-state index contributed by atoms with van der Waals surface area (Å²) in [4.78, 5) is 27.0. The number of carbonyl (C=O) groups is 2. The highest BCUT2D eigenvalue weighted by Gasteiger charge is 2.29. The molecule has 1 aliphatic heterocycles. The molecule has 1 aromatic carbocycles. The van der Waals surface area contributed by atoms with Gasteiger partial charge in [-0.25, -0.2) is 4.39 Å². The second-order valence-corrected chi connectivity index (χ2v) is 7.75. The van der Waals surface area contributed by atoms with Gasteiger partial charge in [-0.1, -0.05) is 28.1 Å². The molecule has 0 spiro atoms. The van der Waals surface area contributed by atoms with Gasteiger partial charge in [-0.2, -0.15) is 0 Å². The van der Waals surface area contributed by atoms with Crippen molar-refractivity contribution in [1.82, 2.24) is 4.90 Å². The second-order valence-electron chi connectivity index (χ2n) is 5.89. The Kier molecular flexibility index (Phi) is 5.86. The number of nitrogens with zero attached hydrogens (tertiary/aromatic N) is 1. The Morgan fingerprint density at radius 2 is 2.04 bits per heavy atom. The Balaban J connectivity index is 1.49. The lowest BCUT2D eigenvalue weighted by atomic mass is 9.97. The Hall–Kier alpha value is -1.73. The number of thiophene rings is 1. The summed E-state index contributed by atoms with van der Waals surface area (Å²) in [5.41, 5.74) is 0.349. The fourth-order valence-electron chi connectivity index (χ4n) is 2.78. The van der Waals surface area contributed by atoms with E-state index in [0.29, 0.717) is 40.8 Å². The molecule has 0 bridgehead atoms. The first-order valence-corrected chi connectivity index (χ1v) is 9.65. The maximum Gasteiger partial charge on any atom is 0.309 e. The number of benzene rings is 1. The SMILES string of the molecule is O=C(OCc1ccc(Br)cc1F)C1CCN(C(=O)c2cccs2)CC1. The molecule has 4 nitrogen and oxygen atoms in total. The van der Waals surface area contributed by atoms with Crippen LogP contribution in [0.2, 0.25) is 0 Å². The lowest BCUT2D eigenvalue weighted by molar-refractivity contribution is -0.151. The van der Waals surface area contributed by atoms with E-state index in [1.807, 2.05) is 11.4 Å². The number of amides is 1. The van der Waals surface area contributed by atoms with E-state index in [1.54, 1.807) is 23.1 Å². The molecule has 0 saturated carbocycles. The van der Waals surface area contributed by atoms with E-state index in [9.17, 15) is 14.0 Å². The minimum atomic E-state index is -0.404. The van der Waals surface area contributed by atoms with E-state index in [-0.39, 0.29) is 24.4 Å². The molecule has 1 saturated heterocycles. The minimum Gasteiger partial charge on any atom is -0.460 e. The number of rotatable bonds is 4. The number of ether oxygens (including phenoxy) is 1. The van der Waals surface area contributed by atoms with Gasteiger partial charge in [-0.05, 0) is 36.4 Å². The summed E-state index contributed by atoms with van der Waals surface area (Å²) in [6.07, 6.45) is 1.14. The van der Waals surface area contributed by atoms with Gasteiger partial charge in [-0.15, -0.1) is 11.3 Å². The summed E-state index contributed by atoms with van der Waals surface area (Å²) >= 11 is 4.61. The standard InChI is InChI=1S/C18H17BrFNO3S/c19-14-4-3-13(15(20)10-14)11-24-18(23)12-5-7-21(8-6-12)17(22)16-2-1-9-25-16/h1-4,9-10,12H,5-8,11H2. The molecule has 0 radical (unpaired) electrons. The quantitative estimate of drug-likeness (QED) is 0.687. The normalized spacial score (nSPS) is 15.2. The number of hydrogen-bond donors (Lipinski definition) is 0. The smallest absolute Gasteiger partial charge is 0.309 e. The van der Waals surface area contributed by atoms with Crippen LogP contribution in [0.3, 0.4) is 0 Å². The molecule has 3 rings (SSSR count). The van der Waals surface area contributed by atoms with Crippen molar-refractivity contribution in [3.8, 4) is 0 Å². The van der Waals surface area contributed by atoms with Crippen LogP contribution in [-0.2, 0) is 16.1 Å². The lowest BCUT2D eigenvalue weighted by Gasteiger charge is -2.30. The molecule has 132 valence electrons. The zero-order valence-electron chi connectivity index (χ0n) is 13.4. The Morgan fingerprint density at radius 1 is 1.28 bits per heavy atom. The second kappa shape index (κ2) is 8.10. The summed E-state index contributed by atoms with van der Waals surface area (Å²) < 4.78 is 19.7. The molecule has 1 amide bonds. The Morgan fingerprint density at radius 3 is 2.68 bits per heavy atom. The van der Waals surface area contributed by atoms with Gasteiger partial charge in [0.25, 0.3) is 5.91 Å². The van der Waals surface area contributed by atoms with Crippen molar-refractivity contribution >= 4 is 39.1 Å². The summed E-state index contributed by atoms with van der Waals surface area (Å²) in [6, 6.07) is 8.30. The predicted octanol–water partition coefficient (Wildman–Crippen LogP) is 4.25. The van der Waals surface area contributed by atoms with Gasteiger partial charge < -0.3 is 9.64 Å². The number of carbonyl (C=O) groups excluding carboxylic acids is 2. The van der Waals surface area contributed by atoms with E-state index < -0.39 is 5.82 Å². The van der Waals surface area contributed by atoms with Gasteiger partial charge >= 0.3 is 5.97 Å². The number of likely N-dealkylation sites (tertiary alicyclic amines) is 1. The fourth-order valence-corrected chi connectivity index (χ4v) is 3.80. The van der Waals surface area contributed by atoms with Gasteiger partial charge in [0.15, 0.2) is 0 Å². The molecule has 1 fully saturated rings. The van der Waals surface area contributed by atoms with Crippen LogP contribution in [0, 0.1) is 11.7 Å². The van der Waals surface area contributed by atoms with E-state index in [0.717, 1.165) is 0 Å². The van der Waals surface area contributed by atoms with Gasteiger partial charge in [0.2, 0.25) is 0 Å². The van der Waals surface area contributed by atoms with E-state index >= 15 is 0 Å². The maximum absolute atomic E-state index is 13.8. The summed E-state index contributed by atoms with van der Waals surface area (Å²) in [5.74, 6) is -0.964. The van der Waals surface area contributed by atoms with Gasteiger partial charge in [0.1, 0.15) is 12.4 Å². The van der Waals surface area contributed by atoms with Crippen LogP contribution in [0.25, 0.3) is 0 Å². The van der Waals surface area contributed by atoms with Crippen molar-refractivity contribution in [2.45, 2.75) is 19.4 Å². The Labute approximate surface area is 157 Å². The van der Waals surface area contributed by atoms with Crippen LogP contribution in [0.1, 0.15) is 28.1 Å². The summed E-state index contributed by atoms with van der Waals surface area (Å²) in [6.45, 7) is 0.985. The van der Waals surface area contributed by atoms with Crippen LogP contribution in [0.4, 0.5) is 4.39 Å². The number of halogens is 2. The van der Waals surface area contributed by atoms with E-state index in [4.69, 9.17) is 4.74 Å². The van der Waals surface area contributed by atoms with Crippen molar-refractivity contribution in [1.29, 1.82) is 0 Å². The molecule has 1 aliphatic rings. The third-order valence-electron chi connectivity index (χ3n) is 4.23. The van der Waals surface area contributed by atoms with E-state index in [2.05, 4.69) is 15.9 Å². The average molecular weight is 426 g/mol. The highest BCUT2D eigenvalue weighted by molar-refractivity contribution is 9.10. The van der Waals surface area contributed by atoms with Crippen LogP contribution < -0.4 is 0 Å². The minimum absolute atomic E-state index is 0.0127. The zero-order chi connectivity index (χ0) is 17.8. The van der Waals surface area contributed by atoms with Crippen LogP contribution in [0.5, 0.6) is 0 Å². The third kappa shape index (κ3) is 4.46. The van der Waals surface area contributed by atoms with Crippen molar-refractivity contribution in [2.75, 3.05) is 13.1 Å². The van der Waals surface area contributed by atoms with E-state index in [1.165, 1.54) is 17.4 Å². The molecular formula is C18H17BrFNO3S. The van der Waals surface area contributed by atoms with Crippen LogP contribution in [-0.4, -0.2) is 29.9 Å². The molecule has 2 heterocycles. The van der Waals surface area contributed by atoms with Gasteiger partial charge in [0, 0.05) is 23.1 Å². The maximum atomic E-state index is 13.8. The highest BCUT2D eigenvalue weighted by atomic mass is 79.9. The average Bonchev–Trinajstić information content (AvgIpc) is 3.15. The summed E-state index contributed by atoms with van der Waals surface area (Å²) in [5, 5.41) is 1.87. The third-order valence-corrected chi connectivity index (χ3v) is 5.58. The van der Waals surface area contributed by atoms with Crippen molar-refractivity contribution in [2.24, 2.45) is 5.92 Å². The lowest BCUT2D eigenvalue weighted by Crippen LogP contribution is -2.40. The molecule has 0 aliphatic carbocycles. The van der Waals surface area contributed by atoms with Crippen molar-refractivity contribution < 1.29 is 18.7 Å². The van der Waals surface area contributed by atoms with Gasteiger partial charge in [-0.3, -0.25) is 9.59 Å². The topological polar surface area (TPSA) is 46.6 Å². The number of hydrogen-bond acceptors (Lipinski definition) is 4. The molecule has 0 atom stereocenters. The first-order chi connectivity index (χ1) is 12.0. The molecule has 7 heteroatoms. The highest BCUT2D eigenvalue weighted by Crippen LogP contribution is 2.23. The number of esters is 1. The number of piperidine rings is 1. The Bertz CT molecular complexity index is 758. The van der Waals surface area contributed by atoms with Crippen LogP contribution >= 0.6 is 27.3 Å². The predicted molar refractivity (Wildman–Crippen MR) is 96.8 cm³/mol.